The molecule has 0 radical (unpaired) electrons. The molecule has 26 heavy (non-hydrogen) atoms. The van der Waals surface area contributed by atoms with E-state index in [-0.39, 0.29) is 17.5 Å². The molecule has 0 spiro atoms. The number of hydrogen-bond acceptors (Lipinski definition) is 7. The SMILES string of the molecule is C[C@H]1COCCN1c1cc(=O)n2cccc(OS(=O)(=O)C(F)(F)F)c2n1. The van der Waals surface area contributed by atoms with Crippen LogP contribution in [0.5, 0.6) is 5.75 Å². The molecule has 8 nitrogen and oxygen atoms in total. The van der Waals surface area contributed by atoms with Gasteiger partial charge in [-0.25, -0.2) is 4.98 Å². The van der Waals surface area contributed by atoms with Gasteiger partial charge in [0, 0.05) is 18.8 Å². The summed E-state index contributed by atoms with van der Waals surface area (Å²) in [6.07, 6.45) is 1.25. The Balaban J connectivity index is 2.12. The lowest BCUT2D eigenvalue weighted by atomic mass is 10.2. The number of anilines is 1. The molecule has 3 rings (SSSR count). The van der Waals surface area contributed by atoms with E-state index in [0.717, 1.165) is 10.5 Å². The van der Waals surface area contributed by atoms with Crippen molar-refractivity contribution in [2.75, 3.05) is 24.7 Å². The summed E-state index contributed by atoms with van der Waals surface area (Å²) in [6, 6.07) is 3.29. The van der Waals surface area contributed by atoms with E-state index in [4.69, 9.17) is 4.74 Å². The molecule has 0 N–H and O–H groups in total. The second-order valence-corrected chi connectivity index (χ2v) is 7.16. The Morgan fingerprint density at radius 2 is 2.12 bits per heavy atom. The molecule has 0 bridgehead atoms. The second-order valence-electron chi connectivity index (χ2n) is 5.62. The zero-order valence-corrected chi connectivity index (χ0v) is 14.2. The molecule has 3 heterocycles. The Bertz CT molecular complexity index is 989. The molecule has 0 aliphatic carbocycles. The minimum atomic E-state index is -5.89. The largest absolute Gasteiger partial charge is 0.534 e. The third-order valence-corrected chi connectivity index (χ3v) is 4.75. The lowest BCUT2D eigenvalue weighted by Crippen LogP contribution is -2.44. The molecular formula is C14H14F3N3O5S. The van der Waals surface area contributed by atoms with Gasteiger partial charge in [0.1, 0.15) is 5.82 Å². The van der Waals surface area contributed by atoms with E-state index >= 15 is 0 Å². The highest BCUT2D eigenvalue weighted by atomic mass is 32.2. The first kappa shape index (κ1) is 18.5. The summed E-state index contributed by atoms with van der Waals surface area (Å²) in [7, 11) is -5.89. The van der Waals surface area contributed by atoms with Crippen molar-refractivity contribution in [3.05, 3.63) is 34.7 Å². The molecule has 1 fully saturated rings. The van der Waals surface area contributed by atoms with E-state index in [1.54, 1.807) is 4.90 Å². The number of halogens is 3. The highest BCUT2D eigenvalue weighted by molar-refractivity contribution is 7.88. The van der Waals surface area contributed by atoms with Gasteiger partial charge in [0.15, 0.2) is 11.4 Å². The maximum Gasteiger partial charge on any atom is 0.534 e. The zero-order chi connectivity index (χ0) is 19.1. The van der Waals surface area contributed by atoms with Crippen LogP contribution in [0.4, 0.5) is 19.0 Å². The van der Waals surface area contributed by atoms with E-state index in [9.17, 15) is 26.4 Å². The van der Waals surface area contributed by atoms with E-state index in [2.05, 4.69) is 9.17 Å². The molecular weight excluding hydrogens is 379 g/mol. The van der Waals surface area contributed by atoms with Gasteiger partial charge in [-0.1, -0.05) is 0 Å². The van der Waals surface area contributed by atoms with Crippen molar-refractivity contribution >= 4 is 21.6 Å². The average Bonchev–Trinajstić information content (AvgIpc) is 2.54. The zero-order valence-electron chi connectivity index (χ0n) is 13.4. The van der Waals surface area contributed by atoms with Crippen LogP contribution in [0.25, 0.3) is 5.65 Å². The topological polar surface area (TPSA) is 90.2 Å². The monoisotopic (exact) mass is 393 g/mol. The normalized spacial score (nSPS) is 18.9. The van der Waals surface area contributed by atoms with Crippen LogP contribution in [-0.4, -0.2) is 49.1 Å². The number of morpholine rings is 1. The molecule has 0 saturated carbocycles. The van der Waals surface area contributed by atoms with Crippen molar-refractivity contribution in [1.29, 1.82) is 0 Å². The van der Waals surface area contributed by atoms with Gasteiger partial charge < -0.3 is 13.8 Å². The maximum atomic E-state index is 12.6. The van der Waals surface area contributed by atoms with Gasteiger partial charge in [-0.15, -0.1) is 0 Å². The number of alkyl halides is 3. The number of hydrogen-bond donors (Lipinski definition) is 0. The van der Waals surface area contributed by atoms with Crippen LogP contribution in [0.3, 0.4) is 0 Å². The molecule has 1 aliphatic rings. The minimum Gasteiger partial charge on any atom is -0.377 e. The number of rotatable bonds is 3. The van der Waals surface area contributed by atoms with Crippen LogP contribution in [0.15, 0.2) is 29.2 Å². The summed E-state index contributed by atoms with van der Waals surface area (Å²) in [6.45, 7) is 3.04. The van der Waals surface area contributed by atoms with Crippen LogP contribution in [0, 0.1) is 0 Å². The molecule has 142 valence electrons. The van der Waals surface area contributed by atoms with Crippen molar-refractivity contribution < 1.29 is 30.5 Å². The first-order valence-electron chi connectivity index (χ1n) is 7.48. The molecule has 0 unspecified atom stereocenters. The Hall–Kier alpha value is -2.34. The molecule has 1 saturated heterocycles. The van der Waals surface area contributed by atoms with Crippen molar-refractivity contribution in [3.63, 3.8) is 0 Å². The lowest BCUT2D eigenvalue weighted by Gasteiger charge is -2.34. The number of ether oxygens (including phenoxy) is 1. The highest BCUT2D eigenvalue weighted by Gasteiger charge is 2.48. The predicted molar refractivity (Wildman–Crippen MR) is 84.7 cm³/mol. The fourth-order valence-corrected chi connectivity index (χ4v) is 2.99. The van der Waals surface area contributed by atoms with E-state index < -0.39 is 26.9 Å². The van der Waals surface area contributed by atoms with Gasteiger partial charge in [-0.2, -0.15) is 21.6 Å². The van der Waals surface area contributed by atoms with Crippen LogP contribution in [0.1, 0.15) is 6.92 Å². The van der Waals surface area contributed by atoms with Gasteiger partial charge in [0.25, 0.3) is 5.56 Å². The van der Waals surface area contributed by atoms with E-state index in [0.29, 0.717) is 19.8 Å². The van der Waals surface area contributed by atoms with Gasteiger partial charge in [-0.05, 0) is 19.1 Å². The van der Waals surface area contributed by atoms with Crippen LogP contribution in [-0.2, 0) is 14.9 Å². The molecule has 0 aromatic carbocycles. The van der Waals surface area contributed by atoms with Crippen molar-refractivity contribution in [1.82, 2.24) is 9.38 Å². The van der Waals surface area contributed by atoms with Crippen molar-refractivity contribution in [3.8, 4) is 5.75 Å². The molecule has 2 aromatic rings. The average molecular weight is 393 g/mol. The Kier molecular flexibility index (Phi) is 4.56. The molecule has 1 atom stereocenters. The van der Waals surface area contributed by atoms with Crippen molar-refractivity contribution in [2.45, 2.75) is 18.5 Å². The second kappa shape index (κ2) is 6.43. The van der Waals surface area contributed by atoms with E-state index in [1.807, 2.05) is 6.92 Å². The number of aromatic nitrogens is 2. The number of nitrogens with zero attached hydrogens (tertiary/aromatic N) is 3. The summed E-state index contributed by atoms with van der Waals surface area (Å²) >= 11 is 0. The van der Waals surface area contributed by atoms with Gasteiger partial charge >= 0.3 is 15.6 Å². The number of fused-ring (bicyclic) bond motifs is 1. The predicted octanol–water partition coefficient (Wildman–Crippen LogP) is 1.15. The number of pyridine rings is 1. The smallest absolute Gasteiger partial charge is 0.377 e. The molecule has 2 aromatic heterocycles. The summed E-state index contributed by atoms with van der Waals surface area (Å²) in [5, 5.41) is 0. The fraction of sp³-hybridized carbons (Fsp3) is 0.429. The summed E-state index contributed by atoms with van der Waals surface area (Å²) in [4.78, 5) is 18.2. The maximum absolute atomic E-state index is 12.6. The molecule has 0 amide bonds. The molecule has 12 heteroatoms. The van der Waals surface area contributed by atoms with Crippen molar-refractivity contribution in [2.24, 2.45) is 0 Å². The first-order chi connectivity index (χ1) is 12.1. The Labute approximate surface area is 145 Å². The summed E-state index contributed by atoms with van der Waals surface area (Å²) in [5.74, 6) is -0.490. The van der Waals surface area contributed by atoms with Crippen LogP contribution < -0.4 is 14.6 Å². The van der Waals surface area contributed by atoms with Gasteiger partial charge in [-0.3, -0.25) is 9.20 Å². The van der Waals surface area contributed by atoms with E-state index in [1.165, 1.54) is 18.3 Å². The Morgan fingerprint density at radius 3 is 2.77 bits per heavy atom. The highest BCUT2D eigenvalue weighted by Crippen LogP contribution is 2.29. The first-order valence-corrected chi connectivity index (χ1v) is 8.88. The third kappa shape index (κ3) is 3.33. The quantitative estimate of drug-likeness (QED) is 0.571. The van der Waals surface area contributed by atoms with Crippen LogP contribution >= 0.6 is 0 Å². The summed E-state index contributed by atoms with van der Waals surface area (Å²) < 4.78 is 70.8. The fourth-order valence-electron chi connectivity index (χ4n) is 2.53. The van der Waals surface area contributed by atoms with Crippen LogP contribution in [0.2, 0.25) is 0 Å². The molecule has 1 aliphatic heterocycles. The standard InChI is InChI=1S/C14H14F3N3O5S/c1-9-8-24-6-5-19(9)11-7-12(21)20-4-2-3-10(13(20)18-11)25-26(22,23)14(15,16)17/h2-4,7,9H,5-6,8H2,1H3/t9-/m0/s1. The van der Waals surface area contributed by atoms with Gasteiger partial charge in [0.05, 0.1) is 19.3 Å². The van der Waals surface area contributed by atoms with Gasteiger partial charge in [0.2, 0.25) is 0 Å². The Morgan fingerprint density at radius 1 is 1.38 bits per heavy atom. The lowest BCUT2D eigenvalue weighted by molar-refractivity contribution is -0.0499. The third-order valence-electron chi connectivity index (χ3n) is 3.79. The minimum absolute atomic E-state index is 0.120. The summed E-state index contributed by atoms with van der Waals surface area (Å²) in [5.41, 5.74) is -6.52.